The average molecular weight is 267 g/mol. The van der Waals surface area contributed by atoms with Gasteiger partial charge >= 0.3 is 5.97 Å². The number of nitrogens with zero attached hydrogens (tertiary/aromatic N) is 1. The van der Waals surface area contributed by atoms with Crippen molar-refractivity contribution in [2.24, 2.45) is 0 Å². The molecule has 4 heteroatoms. The van der Waals surface area contributed by atoms with E-state index >= 15 is 0 Å². The normalized spacial score (nSPS) is 10.7. The molecule has 1 heterocycles. The van der Waals surface area contributed by atoms with E-state index in [0.717, 1.165) is 17.0 Å². The van der Waals surface area contributed by atoms with Gasteiger partial charge in [-0.25, -0.2) is 9.18 Å². The highest BCUT2D eigenvalue weighted by molar-refractivity contribution is 5.97. The predicted octanol–water partition coefficient (Wildman–Crippen LogP) is 3.74. The maximum absolute atomic E-state index is 13.2. The van der Waals surface area contributed by atoms with Crippen molar-refractivity contribution in [3.63, 3.8) is 0 Å². The Labute approximate surface area is 114 Å². The van der Waals surface area contributed by atoms with E-state index in [-0.39, 0.29) is 5.56 Å². The fourth-order valence-electron chi connectivity index (χ4n) is 2.18. The van der Waals surface area contributed by atoms with Crippen molar-refractivity contribution in [2.75, 3.05) is 0 Å². The van der Waals surface area contributed by atoms with Gasteiger partial charge in [0.25, 0.3) is 0 Å². The van der Waals surface area contributed by atoms with Gasteiger partial charge in [-0.15, -0.1) is 0 Å². The van der Waals surface area contributed by atoms with Crippen LogP contribution in [0.1, 0.15) is 10.4 Å². The van der Waals surface area contributed by atoms with E-state index in [4.69, 9.17) is 0 Å². The Morgan fingerprint density at radius 1 is 1.10 bits per heavy atom. The summed E-state index contributed by atoms with van der Waals surface area (Å²) in [6.45, 7) is 0. The zero-order chi connectivity index (χ0) is 14.1. The van der Waals surface area contributed by atoms with Gasteiger partial charge < -0.3 is 5.11 Å². The van der Waals surface area contributed by atoms with Gasteiger partial charge in [0.15, 0.2) is 0 Å². The number of hydrogen-bond donors (Lipinski definition) is 1. The molecular formula is C16H10FNO2. The lowest BCUT2D eigenvalue weighted by atomic mass is 9.98. The van der Waals surface area contributed by atoms with Gasteiger partial charge in [-0.2, -0.15) is 0 Å². The second-order valence-electron chi connectivity index (χ2n) is 4.41. The van der Waals surface area contributed by atoms with Gasteiger partial charge in [0.1, 0.15) is 5.82 Å². The number of carboxylic acid groups (broad SMARTS) is 1. The number of fused-ring (bicyclic) bond motifs is 1. The highest BCUT2D eigenvalue weighted by atomic mass is 19.1. The number of rotatable bonds is 2. The minimum atomic E-state index is -1.15. The van der Waals surface area contributed by atoms with E-state index in [1.54, 1.807) is 12.3 Å². The Bertz CT molecular complexity index is 814. The molecule has 3 nitrogen and oxygen atoms in total. The van der Waals surface area contributed by atoms with Crippen molar-refractivity contribution in [1.29, 1.82) is 0 Å². The summed E-state index contributed by atoms with van der Waals surface area (Å²) >= 11 is 0. The lowest BCUT2D eigenvalue weighted by Crippen LogP contribution is -2.00. The van der Waals surface area contributed by atoms with Crippen LogP contribution in [0.2, 0.25) is 0 Å². The number of pyridine rings is 1. The molecule has 3 rings (SSSR count). The zero-order valence-electron chi connectivity index (χ0n) is 10.4. The standard InChI is InChI=1S/C16H10FNO2/c17-12-5-6-13(14(9-12)16(19)20)11-4-3-10-2-1-7-18-15(10)8-11/h1-9H,(H,19,20). The summed E-state index contributed by atoms with van der Waals surface area (Å²) in [7, 11) is 0. The van der Waals surface area contributed by atoms with E-state index in [1.165, 1.54) is 12.1 Å². The highest BCUT2D eigenvalue weighted by Crippen LogP contribution is 2.27. The van der Waals surface area contributed by atoms with Crippen LogP contribution < -0.4 is 0 Å². The molecule has 0 fully saturated rings. The fourth-order valence-corrected chi connectivity index (χ4v) is 2.18. The number of benzene rings is 2. The summed E-state index contributed by atoms with van der Waals surface area (Å²) in [5.74, 6) is -1.72. The quantitative estimate of drug-likeness (QED) is 0.769. The summed E-state index contributed by atoms with van der Waals surface area (Å²) in [5, 5.41) is 10.2. The van der Waals surface area contributed by atoms with Crippen molar-refractivity contribution >= 4 is 16.9 Å². The number of carboxylic acids is 1. The maximum atomic E-state index is 13.2. The van der Waals surface area contributed by atoms with E-state index < -0.39 is 11.8 Å². The van der Waals surface area contributed by atoms with Gasteiger partial charge in [-0.3, -0.25) is 4.98 Å². The Morgan fingerprint density at radius 3 is 2.75 bits per heavy atom. The minimum absolute atomic E-state index is 0.0553. The molecule has 1 aromatic heterocycles. The first-order valence-corrected chi connectivity index (χ1v) is 6.03. The van der Waals surface area contributed by atoms with Crippen LogP contribution in [0.15, 0.2) is 54.7 Å². The van der Waals surface area contributed by atoms with E-state index in [2.05, 4.69) is 4.98 Å². The monoisotopic (exact) mass is 267 g/mol. The molecule has 1 N–H and O–H groups in total. The van der Waals surface area contributed by atoms with Crippen LogP contribution in [-0.4, -0.2) is 16.1 Å². The molecule has 0 atom stereocenters. The smallest absolute Gasteiger partial charge is 0.336 e. The van der Waals surface area contributed by atoms with Crippen LogP contribution in [0.5, 0.6) is 0 Å². The molecule has 0 amide bonds. The lowest BCUT2D eigenvalue weighted by molar-refractivity contribution is 0.0697. The van der Waals surface area contributed by atoms with Crippen molar-refractivity contribution in [2.45, 2.75) is 0 Å². The molecule has 0 spiro atoms. The largest absolute Gasteiger partial charge is 0.478 e. The Hall–Kier alpha value is -2.75. The number of aromatic nitrogens is 1. The van der Waals surface area contributed by atoms with Crippen LogP contribution in [0, 0.1) is 5.82 Å². The molecular weight excluding hydrogens is 257 g/mol. The molecule has 0 radical (unpaired) electrons. The zero-order valence-corrected chi connectivity index (χ0v) is 10.4. The topological polar surface area (TPSA) is 50.2 Å². The van der Waals surface area contributed by atoms with Crippen LogP contribution in [0.25, 0.3) is 22.0 Å². The summed E-state index contributed by atoms with van der Waals surface area (Å²) < 4.78 is 13.2. The van der Waals surface area contributed by atoms with Crippen LogP contribution in [0.3, 0.4) is 0 Å². The highest BCUT2D eigenvalue weighted by Gasteiger charge is 2.13. The Morgan fingerprint density at radius 2 is 1.95 bits per heavy atom. The van der Waals surface area contributed by atoms with Gasteiger partial charge in [0, 0.05) is 11.6 Å². The Balaban J connectivity index is 2.22. The van der Waals surface area contributed by atoms with E-state index in [1.807, 2.05) is 24.3 Å². The first-order chi connectivity index (χ1) is 9.65. The first-order valence-electron chi connectivity index (χ1n) is 6.03. The van der Waals surface area contributed by atoms with Gasteiger partial charge in [-0.05, 0) is 35.4 Å². The molecule has 0 aliphatic rings. The third kappa shape index (κ3) is 2.12. The Kier molecular flexibility index (Phi) is 2.91. The fraction of sp³-hybridized carbons (Fsp3) is 0. The molecule has 3 aromatic rings. The first kappa shape index (κ1) is 12.3. The third-order valence-corrected chi connectivity index (χ3v) is 3.13. The van der Waals surface area contributed by atoms with Crippen molar-refractivity contribution in [3.8, 4) is 11.1 Å². The summed E-state index contributed by atoms with van der Waals surface area (Å²) in [4.78, 5) is 15.5. The molecule has 0 aliphatic heterocycles. The SMILES string of the molecule is O=C(O)c1cc(F)ccc1-c1ccc2cccnc2c1. The molecule has 0 aliphatic carbocycles. The average Bonchev–Trinajstić information content (AvgIpc) is 2.46. The molecule has 98 valence electrons. The van der Waals surface area contributed by atoms with Crippen molar-refractivity contribution in [3.05, 3.63) is 66.1 Å². The summed E-state index contributed by atoms with van der Waals surface area (Å²) in [6.07, 6.45) is 1.68. The second kappa shape index (κ2) is 4.74. The summed E-state index contributed by atoms with van der Waals surface area (Å²) in [6, 6.07) is 13.0. The van der Waals surface area contributed by atoms with Crippen LogP contribution in [-0.2, 0) is 0 Å². The van der Waals surface area contributed by atoms with Crippen molar-refractivity contribution < 1.29 is 14.3 Å². The second-order valence-corrected chi connectivity index (χ2v) is 4.41. The molecule has 0 saturated carbocycles. The van der Waals surface area contributed by atoms with Gasteiger partial charge in [-0.1, -0.05) is 24.3 Å². The minimum Gasteiger partial charge on any atom is -0.478 e. The molecule has 2 aromatic carbocycles. The number of halogens is 1. The van der Waals surface area contributed by atoms with E-state index in [0.29, 0.717) is 11.1 Å². The van der Waals surface area contributed by atoms with Crippen LogP contribution >= 0.6 is 0 Å². The van der Waals surface area contributed by atoms with Crippen LogP contribution in [0.4, 0.5) is 4.39 Å². The maximum Gasteiger partial charge on any atom is 0.336 e. The summed E-state index contributed by atoms with van der Waals surface area (Å²) in [5.41, 5.74) is 1.89. The number of hydrogen-bond acceptors (Lipinski definition) is 2. The molecule has 0 saturated heterocycles. The number of aromatic carboxylic acids is 1. The lowest BCUT2D eigenvalue weighted by Gasteiger charge is -2.07. The predicted molar refractivity (Wildman–Crippen MR) is 74.1 cm³/mol. The third-order valence-electron chi connectivity index (χ3n) is 3.13. The van der Waals surface area contributed by atoms with E-state index in [9.17, 15) is 14.3 Å². The molecule has 0 unspecified atom stereocenters. The van der Waals surface area contributed by atoms with Crippen molar-refractivity contribution in [1.82, 2.24) is 4.98 Å². The van der Waals surface area contributed by atoms with Gasteiger partial charge in [0.2, 0.25) is 0 Å². The molecule has 20 heavy (non-hydrogen) atoms. The van der Waals surface area contributed by atoms with Gasteiger partial charge in [0.05, 0.1) is 11.1 Å². The number of carbonyl (C=O) groups is 1. The molecule has 0 bridgehead atoms.